The van der Waals surface area contributed by atoms with E-state index in [1.54, 1.807) is 6.20 Å². The van der Waals surface area contributed by atoms with Gasteiger partial charge in [0.1, 0.15) is 0 Å². The molecule has 0 spiro atoms. The molecule has 4 nitrogen and oxygen atoms in total. The third kappa shape index (κ3) is 2.52. The minimum Gasteiger partial charge on any atom is -0.465 e. The van der Waals surface area contributed by atoms with E-state index >= 15 is 0 Å². The molecule has 0 N–H and O–H groups in total. The number of methoxy groups -OCH3 is 1. The smallest absolute Gasteiger partial charge is 0.340 e. The van der Waals surface area contributed by atoms with Crippen molar-refractivity contribution in [1.82, 2.24) is 4.57 Å². The predicted molar refractivity (Wildman–Crippen MR) is 90.4 cm³/mol. The van der Waals surface area contributed by atoms with E-state index in [0.29, 0.717) is 22.0 Å². The molecule has 0 bridgehead atoms. The number of aromatic nitrogens is 1. The summed E-state index contributed by atoms with van der Waals surface area (Å²) < 4.78 is 6.38. The molecule has 0 radical (unpaired) electrons. The Bertz CT molecular complexity index is 956. The normalized spacial score (nSPS) is 10.7. The summed E-state index contributed by atoms with van der Waals surface area (Å²) in [7, 11) is 1.34. The molecule has 0 saturated heterocycles. The van der Waals surface area contributed by atoms with Crippen molar-refractivity contribution < 1.29 is 9.53 Å². The van der Waals surface area contributed by atoms with Gasteiger partial charge in [-0.15, -0.1) is 0 Å². The van der Waals surface area contributed by atoms with E-state index < -0.39 is 5.97 Å². The molecule has 0 amide bonds. The Kier molecular flexibility index (Phi) is 3.74. The molecule has 1 aromatic heterocycles. The van der Waals surface area contributed by atoms with E-state index in [1.807, 2.05) is 56.3 Å². The second-order valence-electron chi connectivity index (χ2n) is 5.53. The Morgan fingerprint density at radius 1 is 1.00 bits per heavy atom. The van der Waals surface area contributed by atoms with Crippen LogP contribution in [0.4, 0.5) is 0 Å². The first-order valence-electron chi connectivity index (χ1n) is 7.33. The minimum absolute atomic E-state index is 0.151. The summed E-state index contributed by atoms with van der Waals surface area (Å²) in [4.78, 5) is 25.0. The van der Waals surface area contributed by atoms with Crippen molar-refractivity contribution in [2.45, 2.75) is 13.8 Å². The molecule has 0 fully saturated rings. The lowest BCUT2D eigenvalue weighted by Crippen LogP contribution is -2.21. The maximum Gasteiger partial charge on any atom is 0.340 e. The quantitative estimate of drug-likeness (QED) is 0.682. The van der Waals surface area contributed by atoms with E-state index in [9.17, 15) is 9.59 Å². The van der Waals surface area contributed by atoms with Gasteiger partial charge in [0, 0.05) is 22.7 Å². The van der Waals surface area contributed by atoms with Gasteiger partial charge in [-0.3, -0.25) is 9.36 Å². The number of benzene rings is 2. The fourth-order valence-electron chi connectivity index (χ4n) is 2.66. The van der Waals surface area contributed by atoms with Gasteiger partial charge in [-0.2, -0.15) is 0 Å². The molecule has 23 heavy (non-hydrogen) atoms. The van der Waals surface area contributed by atoms with Crippen molar-refractivity contribution in [3.8, 4) is 5.69 Å². The fourth-order valence-corrected chi connectivity index (χ4v) is 2.66. The number of nitrogens with zero attached hydrogens (tertiary/aromatic N) is 1. The summed E-state index contributed by atoms with van der Waals surface area (Å²) in [6.45, 7) is 3.91. The second-order valence-corrected chi connectivity index (χ2v) is 5.53. The standard InChI is InChI=1S/C19H17NO3/c1-12-9-15-16(10-13(12)2)18(21)20(11-17(15)19(22)23-3)14-7-5-4-6-8-14/h4-11H,1-3H3. The van der Waals surface area contributed by atoms with Gasteiger partial charge in [-0.05, 0) is 43.2 Å². The first kappa shape index (κ1) is 15.0. The largest absolute Gasteiger partial charge is 0.465 e. The minimum atomic E-state index is -0.456. The number of para-hydroxylation sites is 1. The van der Waals surface area contributed by atoms with Gasteiger partial charge in [0.2, 0.25) is 0 Å². The van der Waals surface area contributed by atoms with E-state index in [1.165, 1.54) is 11.7 Å². The average Bonchev–Trinajstić information content (AvgIpc) is 2.57. The van der Waals surface area contributed by atoms with Crippen molar-refractivity contribution in [1.29, 1.82) is 0 Å². The van der Waals surface area contributed by atoms with Crippen LogP contribution in [0.2, 0.25) is 0 Å². The fraction of sp³-hybridized carbons (Fsp3) is 0.158. The van der Waals surface area contributed by atoms with Crippen LogP contribution in [0, 0.1) is 13.8 Å². The molecule has 3 rings (SSSR count). The lowest BCUT2D eigenvalue weighted by atomic mass is 10.0. The molecule has 0 saturated carbocycles. The Morgan fingerprint density at radius 3 is 2.22 bits per heavy atom. The van der Waals surface area contributed by atoms with Crippen LogP contribution in [0.3, 0.4) is 0 Å². The van der Waals surface area contributed by atoms with Crippen LogP contribution in [-0.2, 0) is 4.74 Å². The average molecular weight is 307 g/mol. The summed E-state index contributed by atoms with van der Waals surface area (Å²) in [6, 6.07) is 12.9. The number of carbonyl (C=O) groups excluding carboxylic acids is 1. The van der Waals surface area contributed by atoms with Crippen molar-refractivity contribution >= 4 is 16.7 Å². The number of pyridine rings is 1. The summed E-state index contributed by atoms with van der Waals surface area (Å²) in [5.41, 5.74) is 2.98. The van der Waals surface area contributed by atoms with Crippen LogP contribution >= 0.6 is 0 Å². The van der Waals surface area contributed by atoms with Crippen LogP contribution in [0.15, 0.2) is 53.5 Å². The molecule has 0 atom stereocenters. The first-order valence-corrected chi connectivity index (χ1v) is 7.33. The molecule has 0 aliphatic carbocycles. The Labute approximate surface area is 133 Å². The Morgan fingerprint density at radius 2 is 1.61 bits per heavy atom. The van der Waals surface area contributed by atoms with Gasteiger partial charge in [0.05, 0.1) is 12.7 Å². The number of hydrogen-bond acceptors (Lipinski definition) is 3. The third-order valence-corrected chi connectivity index (χ3v) is 4.07. The molecule has 4 heteroatoms. The maximum atomic E-state index is 12.9. The van der Waals surface area contributed by atoms with Gasteiger partial charge in [-0.1, -0.05) is 24.3 Å². The highest BCUT2D eigenvalue weighted by molar-refractivity contribution is 6.04. The zero-order chi connectivity index (χ0) is 16.6. The summed E-state index contributed by atoms with van der Waals surface area (Å²) >= 11 is 0. The zero-order valence-electron chi connectivity index (χ0n) is 13.3. The number of hydrogen-bond donors (Lipinski definition) is 0. The summed E-state index contributed by atoms with van der Waals surface area (Å²) in [5, 5.41) is 1.14. The molecule has 0 unspecified atom stereocenters. The van der Waals surface area contributed by atoms with E-state index in [0.717, 1.165) is 11.1 Å². The lowest BCUT2D eigenvalue weighted by molar-refractivity contribution is 0.0602. The number of carbonyl (C=O) groups is 1. The van der Waals surface area contributed by atoms with E-state index in [2.05, 4.69) is 0 Å². The monoisotopic (exact) mass is 307 g/mol. The van der Waals surface area contributed by atoms with Gasteiger partial charge < -0.3 is 4.74 Å². The van der Waals surface area contributed by atoms with Crippen LogP contribution in [0.25, 0.3) is 16.5 Å². The van der Waals surface area contributed by atoms with Crippen molar-refractivity contribution in [3.05, 3.63) is 75.7 Å². The molecule has 116 valence electrons. The van der Waals surface area contributed by atoms with Crippen LogP contribution in [-0.4, -0.2) is 17.6 Å². The van der Waals surface area contributed by atoms with Gasteiger partial charge >= 0.3 is 5.97 Å². The summed E-state index contributed by atoms with van der Waals surface area (Å²) in [5.74, 6) is -0.456. The molecule has 1 heterocycles. The second kappa shape index (κ2) is 5.72. The number of rotatable bonds is 2. The van der Waals surface area contributed by atoms with Crippen molar-refractivity contribution in [3.63, 3.8) is 0 Å². The van der Waals surface area contributed by atoms with Crippen molar-refractivity contribution in [2.24, 2.45) is 0 Å². The highest BCUT2D eigenvalue weighted by Crippen LogP contribution is 2.22. The summed E-state index contributed by atoms with van der Waals surface area (Å²) in [6.07, 6.45) is 1.56. The van der Waals surface area contributed by atoms with Crippen molar-refractivity contribution in [2.75, 3.05) is 7.11 Å². The molecule has 2 aromatic carbocycles. The SMILES string of the molecule is COC(=O)c1cn(-c2ccccc2)c(=O)c2cc(C)c(C)cc12. The highest BCUT2D eigenvalue weighted by atomic mass is 16.5. The van der Waals surface area contributed by atoms with E-state index in [4.69, 9.17) is 4.74 Å². The Hall–Kier alpha value is -2.88. The van der Waals surface area contributed by atoms with E-state index in [-0.39, 0.29) is 5.56 Å². The Balaban J connectivity index is 2.44. The molecule has 0 aliphatic rings. The number of esters is 1. The third-order valence-electron chi connectivity index (χ3n) is 4.07. The number of fused-ring (bicyclic) bond motifs is 1. The molecular weight excluding hydrogens is 290 g/mol. The van der Waals surface area contributed by atoms with Crippen LogP contribution in [0.1, 0.15) is 21.5 Å². The first-order chi connectivity index (χ1) is 11.0. The molecule has 0 aliphatic heterocycles. The van der Waals surface area contributed by atoms with Gasteiger partial charge in [0.25, 0.3) is 5.56 Å². The topological polar surface area (TPSA) is 48.3 Å². The van der Waals surface area contributed by atoms with Gasteiger partial charge in [0.15, 0.2) is 0 Å². The van der Waals surface area contributed by atoms with Gasteiger partial charge in [-0.25, -0.2) is 4.79 Å². The predicted octanol–water partition coefficient (Wildman–Crippen LogP) is 3.39. The van der Waals surface area contributed by atoms with Crippen LogP contribution < -0.4 is 5.56 Å². The van der Waals surface area contributed by atoms with Crippen LogP contribution in [0.5, 0.6) is 0 Å². The highest BCUT2D eigenvalue weighted by Gasteiger charge is 2.17. The molecule has 3 aromatic rings. The maximum absolute atomic E-state index is 12.9. The zero-order valence-corrected chi connectivity index (χ0v) is 13.3. The number of aryl methyl sites for hydroxylation is 2. The molecular formula is C19H17NO3. The lowest BCUT2D eigenvalue weighted by Gasteiger charge is -2.13. The number of ether oxygens (including phenoxy) is 1.